The molecule has 0 aromatic heterocycles. The molecule has 20 heavy (non-hydrogen) atoms. The lowest BCUT2D eigenvalue weighted by Gasteiger charge is -2.30. The minimum atomic E-state index is -0.115. The van der Waals surface area contributed by atoms with Crippen LogP contribution in [0.4, 0.5) is 0 Å². The number of benzene rings is 2. The molecule has 2 aromatic rings. The number of methoxy groups -OCH3 is 1. The number of nitrogens with one attached hydrogen (secondary N) is 1. The Bertz CT molecular complexity index is 623. The van der Waals surface area contributed by atoms with Gasteiger partial charge in [0.05, 0.1) is 13.0 Å². The lowest BCUT2D eigenvalue weighted by molar-refractivity contribution is -0.146. The monoisotopic (exact) mass is 269 g/mol. The summed E-state index contributed by atoms with van der Waals surface area (Å²) < 4.78 is 4.95. The first kappa shape index (κ1) is 13.1. The predicted molar refractivity (Wildman–Crippen MR) is 79.7 cm³/mol. The van der Waals surface area contributed by atoms with Gasteiger partial charge in [0.2, 0.25) is 0 Å². The van der Waals surface area contributed by atoms with E-state index in [1.807, 2.05) is 12.1 Å². The molecule has 104 valence electrons. The Labute approximate surface area is 118 Å². The second-order valence-corrected chi connectivity index (χ2v) is 5.34. The highest BCUT2D eigenvalue weighted by Crippen LogP contribution is 2.32. The fourth-order valence-electron chi connectivity index (χ4n) is 3.09. The maximum Gasteiger partial charge on any atom is 0.310 e. The summed E-state index contributed by atoms with van der Waals surface area (Å²) in [6.45, 7) is 1.65. The molecule has 2 aromatic carbocycles. The molecule has 0 radical (unpaired) electrons. The Balaban J connectivity index is 1.96. The Morgan fingerprint density at radius 1 is 1.20 bits per heavy atom. The first-order chi connectivity index (χ1) is 9.79. The molecule has 3 rings (SSSR count). The zero-order valence-electron chi connectivity index (χ0n) is 11.6. The highest BCUT2D eigenvalue weighted by Gasteiger charge is 2.32. The number of ether oxygens (including phenoxy) is 1. The van der Waals surface area contributed by atoms with Gasteiger partial charge < -0.3 is 10.1 Å². The molecule has 2 atom stereocenters. The molecule has 0 amide bonds. The van der Waals surface area contributed by atoms with Crippen LogP contribution in [0.1, 0.15) is 17.9 Å². The molecule has 3 nitrogen and oxygen atoms in total. The van der Waals surface area contributed by atoms with Crippen LogP contribution in [-0.2, 0) is 9.53 Å². The summed E-state index contributed by atoms with van der Waals surface area (Å²) in [7, 11) is 1.47. The summed E-state index contributed by atoms with van der Waals surface area (Å²) >= 11 is 0. The highest BCUT2D eigenvalue weighted by molar-refractivity contribution is 5.83. The van der Waals surface area contributed by atoms with Gasteiger partial charge in [0.1, 0.15) is 0 Å². The third kappa shape index (κ3) is 2.41. The van der Waals surface area contributed by atoms with Crippen molar-refractivity contribution in [3.8, 4) is 0 Å². The quantitative estimate of drug-likeness (QED) is 0.852. The summed E-state index contributed by atoms with van der Waals surface area (Å²) in [4.78, 5) is 12.0. The van der Waals surface area contributed by atoms with Gasteiger partial charge in [-0.1, -0.05) is 42.5 Å². The van der Waals surface area contributed by atoms with Gasteiger partial charge in [-0.2, -0.15) is 0 Å². The lowest BCUT2D eigenvalue weighted by Crippen LogP contribution is -2.40. The van der Waals surface area contributed by atoms with Crippen LogP contribution in [0.3, 0.4) is 0 Å². The van der Waals surface area contributed by atoms with Crippen molar-refractivity contribution in [3.63, 3.8) is 0 Å². The van der Waals surface area contributed by atoms with E-state index in [0.717, 1.165) is 13.0 Å². The van der Waals surface area contributed by atoms with Crippen molar-refractivity contribution < 1.29 is 9.53 Å². The van der Waals surface area contributed by atoms with Crippen LogP contribution in [0, 0.1) is 5.92 Å². The zero-order valence-corrected chi connectivity index (χ0v) is 11.6. The van der Waals surface area contributed by atoms with E-state index in [4.69, 9.17) is 4.74 Å². The molecule has 1 aliphatic heterocycles. The van der Waals surface area contributed by atoms with Crippen LogP contribution in [0.5, 0.6) is 0 Å². The van der Waals surface area contributed by atoms with Gasteiger partial charge in [0.25, 0.3) is 0 Å². The lowest BCUT2D eigenvalue weighted by atomic mass is 9.80. The fourth-order valence-corrected chi connectivity index (χ4v) is 3.09. The van der Waals surface area contributed by atoms with Crippen molar-refractivity contribution >= 4 is 16.7 Å². The van der Waals surface area contributed by atoms with E-state index in [1.165, 1.54) is 23.4 Å². The minimum absolute atomic E-state index is 0.0880. The average Bonchev–Trinajstić information content (AvgIpc) is 2.53. The molecule has 1 fully saturated rings. The Hall–Kier alpha value is -1.87. The zero-order chi connectivity index (χ0) is 13.9. The molecule has 0 bridgehead atoms. The third-order valence-corrected chi connectivity index (χ3v) is 4.19. The molecule has 1 heterocycles. The van der Waals surface area contributed by atoms with E-state index in [1.54, 1.807) is 0 Å². The van der Waals surface area contributed by atoms with Gasteiger partial charge in [-0.25, -0.2) is 0 Å². The van der Waals surface area contributed by atoms with Crippen molar-refractivity contribution in [1.29, 1.82) is 0 Å². The standard InChI is InChI=1S/C17H19NO2/c1-20-17(19)16-11-18-9-8-15(16)14-7-6-12-4-2-3-5-13(12)10-14/h2-7,10,15-16,18H,8-9,11H2,1H3/t15-,16+/m0/s1. The second kappa shape index (κ2) is 5.63. The fraction of sp³-hybridized carbons (Fsp3) is 0.353. The first-order valence-corrected chi connectivity index (χ1v) is 7.07. The number of piperidine rings is 1. The number of carbonyl (C=O) groups excluding carboxylic acids is 1. The minimum Gasteiger partial charge on any atom is -0.469 e. The highest BCUT2D eigenvalue weighted by atomic mass is 16.5. The molecular formula is C17H19NO2. The number of hydrogen-bond donors (Lipinski definition) is 1. The Kier molecular flexibility index (Phi) is 3.70. The van der Waals surface area contributed by atoms with E-state index in [2.05, 4.69) is 35.6 Å². The summed E-state index contributed by atoms with van der Waals surface area (Å²) in [6.07, 6.45) is 0.970. The van der Waals surface area contributed by atoms with E-state index >= 15 is 0 Å². The topological polar surface area (TPSA) is 38.3 Å². The van der Waals surface area contributed by atoms with Crippen molar-refractivity contribution in [2.75, 3.05) is 20.2 Å². The number of fused-ring (bicyclic) bond motifs is 1. The van der Waals surface area contributed by atoms with Gasteiger partial charge >= 0.3 is 5.97 Å². The SMILES string of the molecule is COC(=O)[C@@H]1CNCC[C@H]1c1ccc2ccccc2c1. The number of rotatable bonds is 2. The van der Waals surface area contributed by atoms with Gasteiger partial charge in [0.15, 0.2) is 0 Å². The van der Waals surface area contributed by atoms with Crippen LogP contribution in [0.2, 0.25) is 0 Å². The van der Waals surface area contributed by atoms with Crippen molar-refractivity contribution in [2.24, 2.45) is 5.92 Å². The molecule has 3 heteroatoms. The Morgan fingerprint density at radius 3 is 2.80 bits per heavy atom. The molecule has 0 unspecified atom stereocenters. The van der Waals surface area contributed by atoms with Crippen LogP contribution in [-0.4, -0.2) is 26.2 Å². The summed E-state index contributed by atoms with van der Waals surface area (Å²) in [5, 5.41) is 5.75. The molecule has 1 saturated heterocycles. The average molecular weight is 269 g/mol. The summed E-state index contributed by atoms with van der Waals surface area (Å²) in [5.74, 6) is 0.0403. The third-order valence-electron chi connectivity index (χ3n) is 4.19. The van der Waals surface area contributed by atoms with Gasteiger partial charge in [0, 0.05) is 6.54 Å². The normalized spacial score (nSPS) is 22.6. The van der Waals surface area contributed by atoms with Crippen LogP contribution >= 0.6 is 0 Å². The second-order valence-electron chi connectivity index (χ2n) is 5.34. The van der Waals surface area contributed by atoms with Gasteiger partial charge in [-0.3, -0.25) is 4.79 Å². The molecule has 1 aliphatic rings. The van der Waals surface area contributed by atoms with Crippen molar-refractivity contribution in [2.45, 2.75) is 12.3 Å². The van der Waals surface area contributed by atoms with Crippen molar-refractivity contribution in [3.05, 3.63) is 48.0 Å². The van der Waals surface area contributed by atoms with E-state index in [9.17, 15) is 4.79 Å². The summed E-state index contributed by atoms with van der Waals surface area (Å²) in [6, 6.07) is 14.8. The number of carbonyl (C=O) groups is 1. The molecule has 0 spiro atoms. The van der Waals surface area contributed by atoms with E-state index in [0.29, 0.717) is 6.54 Å². The van der Waals surface area contributed by atoms with Crippen molar-refractivity contribution in [1.82, 2.24) is 5.32 Å². The first-order valence-electron chi connectivity index (χ1n) is 7.07. The van der Waals surface area contributed by atoms with E-state index < -0.39 is 0 Å². The molecule has 0 saturated carbocycles. The van der Waals surface area contributed by atoms with Crippen LogP contribution in [0.15, 0.2) is 42.5 Å². The smallest absolute Gasteiger partial charge is 0.310 e. The summed E-state index contributed by atoms with van der Waals surface area (Å²) in [5.41, 5.74) is 1.24. The maximum atomic E-state index is 12.0. The maximum absolute atomic E-state index is 12.0. The predicted octanol–water partition coefficient (Wildman–Crippen LogP) is 2.71. The Morgan fingerprint density at radius 2 is 2.00 bits per heavy atom. The molecular weight excluding hydrogens is 250 g/mol. The van der Waals surface area contributed by atoms with E-state index in [-0.39, 0.29) is 17.8 Å². The molecule has 1 N–H and O–H groups in total. The van der Waals surface area contributed by atoms with Crippen LogP contribution < -0.4 is 5.32 Å². The van der Waals surface area contributed by atoms with Crippen LogP contribution in [0.25, 0.3) is 10.8 Å². The molecule has 0 aliphatic carbocycles. The number of hydrogen-bond acceptors (Lipinski definition) is 3. The number of esters is 1. The van der Waals surface area contributed by atoms with Gasteiger partial charge in [-0.05, 0) is 35.2 Å². The van der Waals surface area contributed by atoms with Gasteiger partial charge in [-0.15, -0.1) is 0 Å². The largest absolute Gasteiger partial charge is 0.469 e.